The van der Waals surface area contributed by atoms with Crippen LogP contribution >= 0.6 is 0 Å². The first-order valence-electron chi connectivity index (χ1n) is 11.3. The second kappa shape index (κ2) is 6.20. The molecule has 4 aromatic rings. The molecule has 0 atom stereocenters. The van der Waals surface area contributed by atoms with Crippen LogP contribution in [0.15, 0.2) is 84.9 Å². The Morgan fingerprint density at radius 2 is 1.10 bits per heavy atom. The standard InChI is InChI=1S/C31H28/c1-30(2)26-14-8-6-12-24(26)29-21(10-9-15-27(29)30)18-20-16-17-23-22-11-5-7-13-25(22)31(3,4)28(23)19-20/h5-17,19H,18H2,1-4H3. The predicted molar refractivity (Wildman–Crippen MR) is 131 cm³/mol. The van der Waals surface area contributed by atoms with Crippen molar-refractivity contribution in [1.29, 1.82) is 0 Å². The Balaban J connectivity index is 1.47. The molecule has 152 valence electrons. The molecule has 0 saturated heterocycles. The van der Waals surface area contributed by atoms with Crippen molar-refractivity contribution in [2.24, 2.45) is 0 Å². The van der Waals surface area contributed by atoms with Gasteiger partial charge in [0.2, 0.25) is 0 Å². The van der Waals surface area contributed by atoms with Crippen LogP contribution in [0.5, 0.6) is 0 Å². The Morgan fingerprint density at radius 3 is 1.87 bits per heavy atom. The van der Waals surface area contributed by atoms with Crippen molar-refractivity contribution in [3.63, 3.8) is 0 Å². The highest BCUT2D eigenvalue weighted by atomic mass is 14.4. The van der Waals surface area contributed by atoms with Crippen LogP contribution in [0.25, 0.3) is 22.3 Å². The lowest BCUT2D eigenvalue weighted by Gasteiger charge is -2.22. The maximum atomic E-state index is 2.46. The zero-order valence-corrected chi connectivity index (χ0v) is 18.8. The Morgan fingerprint density at radius 1 is 0.516 bits per heavy atom. The average molecular weight is 401 g/mol. The smallest absolute Gasteiger partial charge is 0.0158 e. The van der Waals surface area contributed by atoms with Crippen LogP contribution in [0.1, 0.15) is 61.1 Å². The van der Waals surface area contributed by atoms with Crippen LogP contribution in [0.2, 0.25) is 0 Å². The van der Waals surface area contributed by atoms with Gasteiger partial charge in [-0.15, -0.1) is 0 Å². The fraction of sp³-hybridized carbons (Fsp3) is 0.226. The first kappa shape index (κ1) is 18.6. The van der Waals surface area contributed by atoms with E-state index >= 15 is 0 Å². The number of fused-ring (bicyclic) bond motifs is 6. The molecule has 2 aliphatic carbocycles. The fourth-order valence-electron chi connectivity index (χ4n) is 6.06. The third-order valence-corrected chi connectivity index (χ3v) is 7.74. The summed E-state index contributed by atoms with van der Waals surface area (Å²) < 4.78 is 0. The van der Waals surface area contributed by atoms with Gasteiger partial charge in [-0.05, 0) is 62.1 Å². The van der Waals surface area contributed by atoms with E-state index < -0.39 is 0 Å². The summed E-state index contributed by atoms with van der Waals surface area (Å²) >= 11 is 0. The van der Waals surface area contributed by atoms with Crippen LogP contribution in [0.4, 0.5) is 0 Å². The molecule has 0 amide bonds. The molecule has 0 heteroatoms. The van der Waals surface area contributed by atoms with E-state index in [1.54, 1.807) is 0 Å². The lowest BCUT2D eigenvalue weighted by molar-refractivity contribution is 0.659. The summed E-state index contributed by atoms with van der Waals surface area (Å²) in [7, 11) is 0. The summed E-state index contributed by atoms with van der Waals surface area (Å²) in [5.74, 6) is 0. The number of hydrogen-bond acceptors (Lipinski definition) is 0. The van der Waals surface area contributed by atoms with Crippen molar-refractivity contribution in [2.75, 3.05) is 0 Å². The van der Waals surface area contributed by atoms with Crippen molar-refractivity contribution < 1.29 is 0 Å². The first-order valence-corrected chi connectivity index (χ1v) is 11.3. The van der Waals surface area contributed by atoms with Crippen LogP contribution in [0, 0.1) is 0 Å². The van der Waals surface area contributed by atoms with E-state index in [1.165, 1.54) is 55.6 Å². The van der Waals surface area contributed by atoms with Gasteiger partial charge in [0.1, 0.15) is 0 Å². The molecule has 0 nitrogen and oxygen atoms in total. The van der Waals surface area contributed by atoms with Gasteiger partial charge in [-0.1, -0.05) is 113 Å². The van der Waals surface area contributed by atoms with Gasteiger partial charge in [0.15, 0.2) is 0 Å². The molecule has 0 spiro atoms. The van der Waals surface area contributed by atoms with E-state index in [4.69, 9.17) is 0 Å². The molecule has 0 aromatic heterocycles. The van der Waals surface area contributed by atoms with Crippen molar-refractivity contribution in [1.82, 2.24) is 0 Å². The van der Waals surface area contributed by atoms with Gasteiger partial charge >= 0.3 is 0 Å². The van der Waals surface area contributed by atoms with Crippen LogP contribution in [-0.2, 0) is 17.3 Å². The summed E-state index contributed by atoms with van der Waals surface area (Å²) in [6.45, 7) is 9.44. The molecule has 0 bridgehead atoms. The van der Waals surface area contributed by atoms with E-state index in [2.05, 4.69) is 113 Å². The van der Waals surface area contributed by atoms with Gasteiger partial charge in [-0.3, -0.25) is 0 Å². The molecule has 0 N–H and O–H groups in total. The highest BCUT2D eigenvalue weighted by Crippen LogP contribution is 2.51. The van der Waals surface area contributed by atoms with E-state index in [9.17, 15) is 0 Å². The van der Waals surface area contributed by atoms with Crippen LogP contribution in [0.3, 0.4) is 0 Å². The average Bonchev–Trinajstić information content (AvgIpc) is 3.15. The minimum atomic E-state index is 0.0508. The van der Waals surface area contributed by atoms with Crippen molar-refractivity contribution in [2.45, 2.75) is 44.9 Å². The molecule has 0 fully saturated rings. The highest BCUT2D eigenvalue weighted by Gasteiger charge is 2.37. The van der Waals surface area contributed by atoms with Gasteiger partial charge in [0.25, 0.3) is 0 Å². The molecule has 0 radical (unpaired) electrons. The zero-order valence-electron chi connectivity index (χ0n) is 18.8. The molecule has 0 heterocycles. The SMILES string of the molecule is CC1(C)c2ccccc2-c2ccc(Cc3cccc4c3-c3ccccc3C4(C)C)cc21. The first-order chi connectivity index (χ1) is 14.9. The molecule has 6 rings (SSSR count). The van der Waals surface area contributed by atoms with Crippen molar-refractivity contribution >= 4 is 0 Å². The predicted octanol–water partition coefficient (Wildman–Crippen LogP) is 7.89. The molecular formula is C31H28. The quantitative estimate of drug-likeness (QED) is 0.321. The third kappa shape index (κ3) is 2.48. The maximum absolute atomic E-state index is 2.46. The summed E-state index contributed by atoms with van der Waals surface area (Å²) in [4.78, 5) is 0. The van der Waals surface area contributed by atoms with Crippen molar-refractivity contribution in [3.8, 4) is 22.3 Å². The van der Waals surface area contributed by atoms with E-state index in [-0.39, 0.29) is 10.8 Å². The highest BCUT2D eigenvalue weighted by molar-refractivity contribution is 5.84. The lowest BCUT2D eigenvalue weighted by atomic mass is 9.81. The normalized spacial score (nSPS) is 16.4. The van der Waals surface area contributed by atoms with Gasteiger partial charge in [-0.25, -0.2) is 0 Å². The summed E-state index contributed by atoms with van der Waals surface area (Å²) in [6, 6.07) is 31.9. The summed E-state index contributed by atoms with van der Waals surface area (Å²) in [6.07, 6.45) is 0.966. The summed E-state index contributed by atoms with van der Waals surface area (Å²) in [5.41, 5.74) is 14.4. The minimum Gasteiger partial charge on any atom is -0.0619 e. The molecule has 0 saturated carbocycles. The van der Waals surface area contributed by atoms with E-state index in [0.29, 0.717) is 0 Å². The Hall–Kier alpha value is -3.12. The van der Waals surface area contributed by atoms with Gasteiger partial charge in [-0.2, -0.15) is 0 Å². The third-order valence-electron chi connectivity index (χ3n) is 7.74. The maximum Gasteiger partial charge on any atom is 0.0158 e. The number of hydrogen-bond donors (Lipinski definition) is 0. The number of rotatable bonds is 2. The lowest BCUT2D eigenvalue weighted by Crippen LogP contribution is -2.15. The molecule has 2 aliphatic rings. The summed E-state index contributed by atoms with van der Waals surface area (Å²) in [5, 5.41) is 0. The van der Waals surface area contributed by atoms with Crippen LogP contribution < -0.4 is 0 Å². The topological polar surface area (TPSA) is 0 Å². The molecule has 31 heavy (non-hydrogen) atoms. The minimum absolute atomic E-state index is 0.0508. The molecular weight excluding hydrogens is 372 g/mol. The molecule has 4 aromatic carbocycles. The number of benzene rings is 4. The fourth-order valence-corrected chi connectivity index (χ4v) is 6.06. The second-order valence-electron chi connectivity index (χ2n) is 10.2. The Bertz CT molecular complexity index is 1350. The monoisotopic (exact) mass is 400 g/mol. The van der Waals surface area contributed by atoms with Gasteiger partial charge in [0, 0.05) is 10.8 Å². The Labute approximate surface area is 185 Å². The zero-order chi connectivity index (χ0) is 21.4. The molecule has 0 aliphatic heterocycles. The molecule has 0 unspecified atom stereocenters. The van der Waals surface area contributed by atoms with E-state index in [0.717, 1.165) is 6.42 Å². The van der Waals surface area contributed by atoms with Gasteiger partial charge < -0.3 is 0 Å². The van der Waals surface area contributed by atoms with E-state index in [1.807, 2.05) is 0 Å². The van der Waals surface area contributed by atoms with Crippen molar-refractivity contribution in [3.05, 3.63) is 118 Å². The van der Waals surface area contributed by atoms with Crippen LogP contribution in [-0.4, -0.2) is 0 Å². The van der Waals surface area contributed by atoms with Gasteiger partial charge in [0.05, 0.1) is 0 Å². The Kier molecular flexibility index (Phi) is 3.73. The largest absolute Gasteiger partial charge is 0.0619 e. The second-order valence-corrected chi connectivity index (χ2v) is 10.2.